The first-order valence-electron chi connectivity index (χ1n) is 5.77. The minimum Gasteiger partial charge on any atom is -0.393 e. The van der Waals surface area contributed by atoms with Gasteiger partial charge >= 0.3 is 0 Å². The maximum atomic E-state index is 9.96. The minimum atomic E-state index is -0.0391. The molecule has 0 aromatic heterocycles. The molecule has 0 spiro atoms. The highest BCUT2D eigenvalue weighted by atomic mass is 16.3. The molecule has 1 aliphatic rings. The molecule has 1 aliphatic carbocycles. The van der Waals surface area contributed by atoms with E-state index in [1.165, 1.54) is 25.7 Å². The lowest BCUT2D eigenvalue weighted by Crippen LogP contribution is -2.27. The maximum absolute atomic E-state index is 9.96. The zero-order chi connectivity index (χ0) is 9.84. The van der Waals surface area contributed by atoms with Gasteiger partial charge in [0.25, 0.3) is 0 Å². The van der Waals surface area contributed by atoms with Crippen LogP contribution >= 0.6 is 0 Å². The van der Waals surface area contributed by atoms with Crippen molar-refractivity contribution in [2.24, 2.45) is 17.8 Å². The van der Waals surface area contributed by atoms with Gasteiger partial charge in [0.05, 0.1) is 6.10 Å². The normalized spacial score (nSPS) is 32.1. The van der Waals surface area contributed by atoms with E-state index < -0.39 is 0 Å². The molecule has 0 aromatic carbocycles. The summed E-state index contributed by atoms with van der Waals surface area (Å²) in [5.74, 6) is 2.05. The van der Waals surface area contributed by atoms with Crippen molar-refractivity contribution in [3.8, 4) is 0 Å². The van der Waals surface area contributed by atoms with Gasteiger partial charge < -0.3 is 5.11 Å². The number of hydrogen-bond donors (Lipinski definition) is 1. The van der Waals surface area contributed by atoms with E-state index in [1.807, 2.05) is 0 Å². The molecule has 0 amide bonds. The lowest BCUT2D eigenvalue weighted by Gasteiger charge is -2.31. The molecule has 1 N–H and O–H groups in total. The van der Waals surface area contributed by atoms with Crippen LogP contribution in [-0.2, 0) is 0 Å². The van der Waals surface area contributed by atoms with Crippen LogP contribution in [0.5, 0.6) is 0 Å². The van der Waals surface area contributed by atoms with E-state index in [1.54, 1.807) is 0 Å². The average molecular weight is 184 g/mol. The molecular weight excluding hydrogens is 160 g/mol. The van der Waals surface area contributed by atoms with Gasteiger partial charge in [-0.2, -0.15) is 0 Å². The van der Waals surface area contributed by atoms with E-state index in [-0.39, 0.29) is 6.10 Å². The number of hydrogen-bond acceptors (Lipinski definition) is 1. The first-order valence-corrected chi connectivity index (χ1v) is 5.77. The monoisotopic (exact) mass is 184 g/mol. The van der Waals surface area contributed by atoms with E-state index in [9.17, 15) is 5.11 Å². The molecule has 1 rings (SSSR count). The number of aliphatic hydroxyl groups is 1. The Kier molecular flexibility index (Phi) is 4.24. The summed E-state index contributed by atoms with van der Waals surface area (Å²) in [5, 5.41) is 9.96. The van der Waals surface area contributed by atoms with Crippen LogP contribution in [0.25, 0.3) is 0 Å². The first kappa shape index (κ1) is 11.0. The van der Waals surface area contributed by atoms with Crippen molar-refractivity contribution in [3.63, 3.8) is 0 Å². The second kappa shape index (κ2) is 4.99. The summed E-state index contributed by atoms with van der Waals surface area (Å²) in [7, 11) is 0. The van der Waals surface area contributed by atoms with E-state index in [0.29, 0.717) is 11.8 Å². The Morgan fingerprint density at radius 1 is 1.31 bits per heavy atom. The average Bonchev–Trinajstić information content (AvgIpc) is 2.03. The first-order chi connectivity index (χ1) is 6.09. The van der Waals surface area contributed by atoms with E-state index in [2.05, 4.69) is 20.8 Å². The number of rotatable bonds is 3. The lowest BCUT2D eigenvalue weighted by atomic mass is 9.78. The smallest absolute Gasteiger partial charge is 0.0570 e. The highest BCUT2D eigenvalue weighted by Gasteiger charge is 2.25. The standard InChI is InChI=1S/C12H24O/c1-9(2)7-12(13)11-6-4-5-10(3)8-11/h9-13H,4-8H2,1-3H3. The van der Waals surface area contributed by atoms with Crippen LogP contribution in [0, 0.1) is 17.8 Å². The molecule has 0 aliphatic heterocycles. The summed E-state index contributed by atoms with van der Waals surface area (Å²) in [6.07, 6.45) is 6.12. The van der Waals surface area contributed by atoms with Gasteiger partial charge in [-0.25, -0.2) is 0 Å². The molecule has 1 fully saturated rings. The molecule has 3 unspecified atom stereocenters. The quantitative estimate of drug-likeness (QED) is 0.714. The fourth-order valence-corrected chi connectivity index (χ4v) is 2.51. The molecule has 1 nitrogen and oxygen atoms in total. The number of aliphatic hydroxyl groups excluding tert-OH is 1. The van der Waals surface area contributed by atoms with E-state index in [0.717, 1.165) is 12.3 Å². The van der Waals surface area contributed by atoms with Crippen molar-refractivity contribution in [3.05, 3.63) is 0 Å². The Morgan fingerprint density at radius 3 is 2.54 bits per heavy atom. The fourth-order valence-electron chi connectivity index (χ4n) is 2.51. The molecular formula is C12H24O. The largest absolute Gasteiger partial charge is 0.393 e. The highest BCUT2D eigenvalue weighted by Crippen LogP contribution is 2.32. The molecule has 1 saturated carbocycles. The second-order valence-electron chi connectivity index (χ2n) is 5.23. The highest BCUT2D eigenvalue weighted by molar-refractivity contribution is 4.76. The zero-order valence-electron chi connectivity index (χ0n) is 9.29. The van der Waals surface area contributed by atoms with Crippen LogP contribution in [0.4, 0.5) is 0 Å². The molecule has 78 valence electrons. The van der Waals surface area contributed by atoms with Crippen molar-refractivity contribution in [2.45, 2.75) is 59.0 Å². The Morgan fingerprint density at radius 2 is 2.00 bits per heavy atom. The van der Waals surface area contributed by atoms with Crippen LogP contribution < -0.4 is 0 Å². The maximum Gasteiger partial charge on any atom is 0.0570 e. The van der Waals surface area contributed by atoms with Crippen LogP contribution in [0.1, 0.15) is 52.9 Å². The summed E-state index contributed by atoms with van der Waals surface area (Å²) in [4.78, 5) is 0. The Hall–Kier alpha value is -0.0400. The van der Waals surface area contributed by atoms with Crippen molar-refractivity contribution in [1.29, 1.82) is 0 Å². The third kappa shape index (κ3) is 3.68. The third-order valence-electron chi connectivity index (χ3n) is 3.23. The molecule has 0 bridgehead atoms. The molecule has 0 saturated heterocycles. The van der Waals surface area contributed by atoms with E-state index in [4.69, 9.17) is 0 Å². The van der Waals surface area contributed by atoms with Gasteiger partial charge in [-0.1, -0.05) is 33.6 Å². The summed E-state index contributed by atoms with van der Waals surface area (Å²) >= 11 is 0. The summed E-state index contributed by atoms with van der Waals surface area (Å²) in [6, 6.07) is 0. The van der Waals surface area contributed by atoms with Gasteiger partial charge in [0.2, 0.25) is 0 Å². The van der Waals surface area contributed by atoms with Crippen LogP contribution in [0.15, 0.2) is 0 Å². The van der Waals surface area contributed by atoms with Crippen LogP contribution in [0.2, 0.25) is 0 Å². The van der Waals surface area contributed by atoms with Crippen molar-refractivity contribution in [2.75, 3.05) is 0 Å². The van der Waals surface area contributed by atoms with Crippen LogP contribution in [-0.4, -0.2) is 11.2 Å². The summed E-state index contributed by atoms with van der Waals surface area (Å²) < 4.78 is 0. The third-order valence-corrected chi connectivity index (χ3v) is 3.23. The molecule has 3 atom stereocenters. The predicted octanol–water partition coefficient (Wildman–Crippen LogP) is 3.22. The SMILES string of the molecule is CC(C)CC(O)C1CCCC(C)C1. The van der Waals surface area contributed by atoms with Crippen molar-refractivity contribution >= 4 is 0 Å². The topological polar surface area (TPSA) is 20.2 Å². The molecule has 0 radical (unpaired) electrons. The summed E-state index contributed by atoms with van der Waals surface area (Å²) in [6.45, 7) is 6.69. The molecule has 0 aromatic rings. The van der Waals surface area contributed by atoms with Crippen molar-refractivity contribution in [1.82, 2.24) is 0 Å². The molecule has 0 heterocycles. The fraction of sp³-hybridized carbons (Fsp3) is 1.00. The van der Waals surface area contributed by atoms with Crippen LogP contribution in [0.3, 0.4) is 0 Å². The van der Waals surface area contributed by atoms with E-state index >= 15 is 0 Å². The Bertz CT molecular complexity index is 142. The van der Waals surface area contributed by atoms with Crippen molar-refractivity contribution < 1.29 is 5.11 Å². The predicted molar refractivity (Wildman–Crippen MR) is 56.6 cm³/mol. The molecule has 1 heteroatoms. The van der Waals surface area contributed by atoms with Gasteiger partial charge in [-0.15, -0.1) is 0 Å². The minimum absolute atomic E-state index is 0.0391. The second-order valence-corrected chi connectivity index (χ2v) is 5.23. The Labute approximate surface area is 82.5 Å². The van der Waals surface area contributed by atoms with Gasteiger partial charge in [0, 0.05) is 0 Å². The zero-order valence-corrected chi connectivity index (χ0v) is 9.29. The van der Waals surface area contributed by atoms with Gasteiger partial charge in [-0.05, 0) is 37.0 Å². The molecule has 13 heavy (non-hydrogen) atoms. The Balaban J connectivity index is 2.32. The van der Waals surface area contributed by atoms with Gasteiger partial charge in [-0.3, -0.25) is 0 Å². The van der Waals surface area contributed by atoms with Gasteiger partial charge in [0.15, 0.2) is 0 Å². The van der Waals surface area contributed by atoms with Gasteiger partial charge in [0.1, 0.15) is 0 Å². The lowest BCUT2D eigenvalue weighted by molar-refractivity contribution is 0.0551. The summed E-state index contributed by atoms with van der Waals surface area (Å²) in [5.41, 5.74) is 0.